The van der Waals surface area contributed by atoms with Crippen LogP contribution in [0.25, 0.3) is 0 Å². The number of nitrogens with zero attached hydrogens (tertiary/aromatic N) is 2. The third kappa shape index (κ3) is 3.20. The maximum Gasteiger partial charge on any atom is 0.193 e. The van der Waals surface area contributed by atoms with E-state index in [9.17, 15) is 0 Å². The van der Waals surface area contributed by atoms with E-state index in [1.54, 1.807) is 6.07 Å². The highest BCUT2D eigenvalue weighted by atomic mass is 35.5. The van der Waals surface area contributed by atoms with Crippen LogP contribution in [0.3, 0.4) is 0 Å². The molecule has 4 nitrogen and oxygen atoms in total. The Bertz CT molecular complexity index is 356. The number of hydrogen-bond acceptors (Lipinski definition) is 4. The summed E-state index contributed by atoms with van der Waals surface area (Å²) < 4.78 is 5.58. The molecule has 1 unspecified atom stereocenters. The van der Waals surface area contributed by atoms with Gasteiger partial charge in [0.2, 0.25) is 0 Å². The second-order valence-electron chi connectivity index (χ2n) is 3.78. The van der Waals surface area contributed by atoms with Gasteiger partial charge < -0.3 is 10.1 Å². The summed E-state index contributed by atoms with van der Waals surface area (Å²) in [6, 6.07) is 1.97. The predicted octanol–water partition coefficient (Wildman–Crippen LogP) is 2.30. The SMILES string of the molecule is Clc1cc(OCC2CCCCN2)c(Cl)nn1. The van der Waals surface area contributed by atoms with Crippen molar-refractivity contribution in [2.24, 2.45) is 0 Å². The van der Waals surface area contributed by atoms with Crippen LogP contribution in [0.2, 0.25) is 10.3 Å². The summed E-state index contributed by atoms with van der Waals surface area (Å²) in [5, 5.41) is 11.2. The second kappa shape index (κ2) is 5.66. The maximum absolute atomic E-state index is 5.84. The smallest absolute Gasteiger partial charge is 0.193 e. The molecule has 1 aliphatic heterocycles. The average Bonchev–Trinajstić information content (AvgIpc) is 2.32. The first kappa shape index (κ1) is 11.9. The first-order valence-corrected chi connectivity index (χ1v) is 6.06. The molecule has 0 aromatic carbocycles. The largest absolute Gasteiger partial charge is 0.489 e. The van der Waals surface area contributed by atoms with Crippen molar-refractivity contribution in [2.45, 2.75) is 25.3 Å². The molecule has 0 radical (unpaired) electrons. The number of ether oxygens (including phenoxy) is 1. The topological polar surface area (TPSA) is 47.0 Å². The molecule has 1 N–H and O–H groups in total. The van der Waals surface area contributed by atoms with Gasteiger partial charge in [0, 0.05) is 12.1 Å². The number of hydrogen-bond donors (Lipinski definition) is 1. The summed E-state index contributed by atoms with van der Waals surface area (Å²) in [5.41, 5.74) is 0. The quantitative estimate of drug-likeness (QED) is 0.907. The lowest BCUT2D eigenvalue weighted by Gasteiger charge is -2.23. The van der Waals surface area contributed by atoms with Gasteiger partial charge in [0.1, 0.15) is 6.61 Å². The molecule has 2 heterocycles. The fourth-order valence-electron chi connectivity index (χ4n) is 1.70. The van der Waals surface area contributed by atoms with Crippen LogP contribution in [0.1, 0.15) is 19.3 Å². The fraction of sp³-hybridized carbons (Fsp3) is 0.600. The van der Waals surface area contributed by atoms with Crippen LogP contribution in [-0.4, -0.2) is 29.4 Å². The third-order valence-corrected chi connectivity index (χ3v) is 2.99. The van der Waals surface area contributed by atoms with Crippen molar-refractivity contribution in [1.29, 1.82) is 0 Å². The highest BCUT2D eigenvalue weighted by Crippen LogP contribution is 2.23. The van der Waals surface area contributed by atoms with Crippen molar-refractivity contribution in [1.82, 2.24) is 15.5 Å². The van der Waals surface area contributed by atoms with E-state index in [0.717, 1.165) is 13.0 Å². The van der Waals surface area contributed by atoms with Crippen LogP contribution < -0.4 is 10.1 Å². The summed E-state index contributed by atoms with van der Waals surface area (Å²) in [6.07, 6.45) is 3.61. The first-order valence-electron chi connectivity index (χ1n) is 5.30. The molecule has 0 bridgehead atoms. The Balaban J connectivity index is 1.90. The molecule has 1 saturated heterocycles. The summed E-state index contributed by atoms with van der Waals surface area (Å²) >= 11 is 11.5. The lowest BCUT2D eigenvalue weighted by Crippen LogP contribution is -2.38. The molecule has 88 valence electrons. The van der Waals surface area contributed by atoms with Crippen molar-refractivity contribution in [3.8, 4) is 5.75 Å². The van der Waals surface area contributed by atoms with Gasteiger partial charge in [-0.15, -0.1) is 10.2 Å². The first-order chi connectivity index (χ1) is 7.75. The molecule has 1 atom stereocenters. The summed E-state index contributed by atoms with van der Waals surface area (Å²) in [5.74, 6) is 0.494. The Kier molecular flexibility index (Phi) is 4.21. The van der Waals surface area contributed by atoms with Gasteiger partial charge in [-0.2, -0.15) is 0 Å². The van der Waals surface area contributed by atoms with Gasteiger partial charge in [-0.05, 0) is 19.4 Å². The van der Waals surface area contributed by atoms with E-state index < -0.39 is 0 Å². The number of halogens is 2. The molecule has 0 amide bonds. The van der Waals surface area contributed by atoms with Gasteiger partial charge in [-0.25, -0.2) is 0 Å². The Morgan fingerprint density at radius 1 is 1.38 bits per heavy atom. The van der Waals surface area contributed by atoms with E-state index in [2.05, 4.69) is 15.5 Å². The number of rotatable bonds is 3. The Morgan fingerprint density at radius 2 is 2.25 bits per heavy atom. The average molecular weight is 262 g/mol. The van der Waals surface area contributed by atoms with E-state index in [4.69, 9.17) is 27.9 Å². The lowest BCUT2D eigenvalue weighted by molar-refractivity contribution is 0.238. The molecule has 1 aromatic heterocycles. The zero-order chi connectivity index (χ0) is 11.4. The van der Waals surface area contributed by atoms with Crippen LogP contribution in [0.5, 0.6) is 5.75 Å². The summed E-state index contributed by atoms with van der Waals surface area (Å²) in [6.45, 7) is 1.64. The molecular weight excluding hydrogens is 249 g/mol. The van der Waals surface area contributed by atoms with Crippen molar-refractivity contribution in [2.75, 3.05) is 13.2 Å². The zero-order valence-electron chi connectivity index (χ0n) is 8.75. The monoisotopic (exact) mass is 261 g/mol. The van der Waals surface area contributed by atoms with E-state index in [1.807, 2.05) is 0 Å². The van der Waals surface area contributed by atoms with E-state index in [-0.39, 0.29) is 10.3 Å². The van der Waals surface area contributed by atoms with Gasteiger partial charge in [0.05, 0.1) is 0 Å². The van der Waals surface area contributed by atoms with Crippen LogP contribution >= 0.6 is 23.2 Å². The van der Waals surface area contributed by atoms with E-state index in [0.29, 0.717) is 18.4 Å². The molecule has 6 heteroatoms. The van der Waals surface area contributed by atoms with Crippen molar-refractivity contribution in [3.05, 3.63) is 16.4 Å². The van der Waals surface area contributed by atoms with E-state index >= 15 is 0 Å². The highest BCUT2D eigenvalue weighted by Gasteiger charge is 2.14. The van der Waals surface area contributed by atoms with E-state index in [1.165, 1.54) is 12.8 Å². The van der Waals surface area contributed by atoms with Crippen LogP contribution in [0, 0.1) is 0 Å². The van der Waals surface area contributed by atoms with Gasteiger partial charge in [0.25, 0.3) is 0 Å². The van der Waals surface area contributed by atoms with Gasteiger partial charge in [-0.1, -0.05) is 29.6 Å². The Hall–Kier alpha value is -0.580. The van der Waals surface area contributed by atoms with Crippen molar-refractivity contribution in [3.63, 3.8) is 0 Å². The molecule has 0 saturated carbocycles. The standard InChI is InChI=1S/C10H13Cl2N3O/c11-9-5-8(10(12)15-14-9)16-6-7-3-1-2-4-13-7/h5,7,13H,1-4,6H2. The van der Waals surface area contributed by atoms with Crippen LogP contribution in [-0.2, 0) is 0 Å². The molecule has 1 aromatic rings. The number of piperidine rings is 1. The predicted molar refractivity (Wildman–Crippen MR) is 63.2 cm³/mol. The molecular formula is C10H13Cl2N3O. The fourth-order valence-corrected chi connectivity index (χ4v) is 1.98. The van der Waals surface area contributed by atoms with Crippen molar-refractivity contribution < 1.29 is 4.74 Å². The maximum atomic E-state index is 5.84. The summed E-state index contributed by atoms with van der Waals surface area (Å²) in [4.78, 5) is 0. The normalized spacial score (nSPS) is 20.8. The van der Waals surface area contributed by atoms with Crippen LogP contribution in [0.15, 0.2) is 6.07 Å². The second-order valence-corrected chi connectivity index (χ2v) is 4.53. The minimum absolute atomic E-state index is 0.250. The Labute approximate surface area is 104 Å². The highest BCUT2D eigenvalue weighted by molar-refractivity contribution is 6.32. The Morgan fingerprint density at radius 3 is 3.00 bits per heavy atom. The summed E-state index contributed by atoms with van der Waals surface area (Å²) in [7, 11) is 0. The number of aromatic nitrogens is 2. The molecule has 1 fully saturated rings. The van der Waals surface area contributed by atoms with Gasteiger partial charge >= 0.3 is 0 Å². The molecule has 1 aliphatic rings. The lowest BCUT2D eigenvalue weighted by atomic mass is 10.1. The van der Waals surface area contributed by atoms with Crippen LogP contribution in [0.4, 0.5) is 0 Å². The van der Waals surface area contributed by atoms with Gasteiger partial charge in [0.15, 0.2) is 16.1 Å². The zero-order valence-corrected chi connectivity index (χ0v) is 10.3. The number of nitrogens with one attached hydrogen (secondary N) is 1. The molecule has 0 spiro atoms. The molecule has 16 heavy (non-hydrogen) atoms. The minimum atomic E-state index is 0.250. The minimum Gasteiger partial charge on any atom is -0.489 e. The molecule has 2 rings (SSSR count). The van der Waals surface area contributed by atoms with Gasteiger partial charge in [-0.3, -0.25) is 0 Å². The molecule has 0 aliphatic carbocycles. The third-order valence-electron chi connectivity index (χ3n) is 2.54. The van der Waals surface area contributed by atoms with Crippen molar-refractivity contribution >= 4 is 23.2 Å².